The highest BCUT2D eigenvalue weighted by Gasteiger charge is 2.34. The fourth-order valence-corrected chi connectivity index (χ4v) is 5.59. The van der Waals surface area contributed by atoms with Gasteiger partial charge in [0.2, 0.25) is 0 Å². The number of aromatic nitrogens is 1. The molecule has 4 rings (SSSR count). The Balaban J connectivity index is 1.53. The monoisotopic (exact) mass is 507 g/mol. The lowest BCUT2D eigenvalue weighted by atomic mass is 10.2. The van der Waals surface area contributed by atoms with Crippen LogP contribution in [0.3, 0.4) is 0 Å². The van der Waals surface area contributed by atoms with Gasteiger partial charge in [0.25, 0.3) is 16.8 Å². The van der Waals surface area contributed by atoms with E-state index in [1.807, 2.05) is 57.2 Å². The highest BCUT2D eigenvalue weighted by Crippen LogP contribution is 2.34. The number of aryl methyl sites for hydroxylation is 1. The highest BCUT2D eigenvalue weighted by atomic mass is 32.2. The van der Waals surface area contributed by atoms with Gasteiger partial charge in [-0.1, -0.05) is 25.1 Å². The molecule has 2 heterocycles. The number of thioether (sulfide) groups is 1. The molecule has 1 saturated heterocycles. The van der Waals surface area contributed by atoms with E-state index in [0.29, 0.717) is 11.4 Å². The molecule has 0 unspecified atom stereocenters. The van der Waals surface area contributed by atoms with Crippen molar-refractivity contribution in [3.63, 3.8) is 0 Å². The molecule has 0 atom stereocenters. The third-order valence-electron chi connectivity index (χ3n) is 5.74. The lowest BCUT2D eigenvalue weighted by Gasteiger charge is -2.11. The second-order valence-electron chi connectivity index (χ2n) is 8.20. The Morgan fingerprint density at radius 2 is 1.66 bits per heavy atom. The van der Waals surface area contributed by atoms with Crippen LogP contribution in [0.1, 0.15) is 36.7 Å². The van der Waals surface area contributed by atoms with Crippen molar-refractivity contribution in [2.75, 3.05) is 6.54 Å². The van der Waals surface area contributed by atoms with Crippen LogP contribution in [-0.4, -0.2) is 32.1 Å². The molecule has 1 fully saturated rings. The van der Waals surface area contributed by atoms with Crippen LogP contribution in [-0.2, 0) is 4.79 Å². The standard InChI is InChI=1S/C26H25N3O4S2/c1-4-5-14-27-25(30)24(35-26(27)31)16-19-15-17(2)28(18(19)3)20-6-10-22(11-7-20)34-23-12-8-21(9-13-23)29(32)33/h6-13,15-16H,4-5,14H2,1-3H3/b24-16-. The van der Waals surface area contributed by atoms with E-state index in [4.69, 9.17) is 0 Å². The van der Waals surface area contributed by atoms with E-state index in [-0.39, 0.29) is 16.8 Å². The topological polar surface area (TPSA) is 85.4 Å². The maximum Gasteiger partial charge on any atom is 0.293 e. The Bertz CT molecular complexity index is 1310. The molecule has 180 valence electrons. The summed E-state index contributed by atoms with van der Waals surface area (Å²) in [6, 6.07) is 16.6. The predicted molar refractivity (Wildman–Crippen MR) is 140 cm³/mol. The van der Waals surface area contributed by atoms with Crippen molar-refractivity contribution in [2.24, 2.45) is 0 Å². The summed E-state index contributed by atoms with van der Waals surface area (Å²) in [4.78, 5) is 39.1. The average molecular weight is 508 g/mol. The third kappa shape index (κ3) is 5.36. The Labute approximate surface area is 212 Å². The summed E-state index contributed by atoms with van der Waals surface area (Å²) < 4.78 is 2.12. The first kappa shape index (κ1) is 24.8. The number of imide groups is 1. The van der Waals surface area contributed by atoms with Gasteiger partial charge in [-0.05, 0) is 86.1 Å². The molecule has 0 bridgehead atoms. The molecule has 35 heavy (non-hydrogen) atoms. The van der Waals surface area contributed by atoms with Gasteiger partial charge in [0.1, 0.15) is 0 Å². The van der Waals surface area contributed by atoms with Gasteiger partial charge in [0.05, 0.1) is 9.83 Å². The Morgan fingerprint density at radius 1 is 1.03 bits per heavy atom. The minimum atomic E-state index is -0.406. The number of carbonyl (C=O) groups excluding carboxylic acids is 2. The summed E-state index contributed by atoms with van der Waals surface area (Å²) >= 11 is 2.54. The Hall–Kier alpha value is -3.30. The zero-order valence-electron chi connectivity index (χ0n) is 19.7. The zero-order chi connectivity index (χ0) is 25.1. The molecule has 1 aliphatic rings. The largest absolute Gasteiger partial charge is 0.318 e. The van der Waals surface area contributed by atoms with Gasteiger partial charge in [-0.3, -0.25) is 24.6 Å². The quantitative estimate of drug-likeness (QED) is 0.186. The fourth-order valence-electron chi connectivity index (χ4n) is 3.92. The molecule has 1 aromatic heterocycles. The van der Waals surface area contributed by atoms with Crippen molar-refractivity contribution in [1.82, 2.24) is 9.47 Å². The van der Waals surface area contributed by atoms with Gasteiger partial charge in [-0.25, -0.2) is 0 Å². The molecule has 0 spiro atoms. The van der Waals surface area contributed by atoms with Crippen molar-refractivity contribution >= 4 is 46.4 Å². The summed E-state index contributed by atoms with van der Waals surface area (Å²) in [6.07, 6.45) is 3.54. The van der Waals surface area contributed by atoms with Crippen molar-refractivity contribution in [3.8, 4) is 5.69 Å². The van der Waals surface area contributed by atoms with Crippen LogP contribution in [0.15, 0.2) is 69.3 Å². The number of amides is 2. The van der Waals surface area contributed by atoms with E-state index in [9.17, 15) is 19.7 Å². The summed E-state index contributed by atoms with van der Waals surface area (Å²) in [6.45, 7) is 6.50. The van der Waals surface area contributed by atoms with Crippen molar-refractivity contribution in [3.05, 3.63) is 86.6 Å². The number of nitro groups is 1. The normalized spacial score (nSPS) is 14.8. The van der Waals surface area contributed by atoms with Crippen LogP contribution in [0.4, 0.5) is 10.5 Å². The molecule has 1 aliphatic heterocycles. The van der Waals surface area contributed by atoms with Crippen LogP contribution in [0.2, 0.25) is 0 Å². The van der Waals surface area contributed by atoms with Crippen LogP contribution < -0.4 is 0 Å². The van der Waals surface area contributed by atoms with E-state index >= 15 is 0 Å². The molecular formula is C26H25N3O4S2. The first-order valence-electron chi connectivity index (χ1n) is 11.3. The SMILES string of the molecule is CCCCN1C(=O)S/C(=C\c2cc(C)n(-c3ccc(Sc4ccc([N+](=O)[O-])cc4)cc3)c2C)C1=O. The smallest absolute Gasteiger partial charge is 0.293 e. The van der Waals surface area contributed by atoms with E-state index < -0.39 is 4.92 Å². The molecule has 0 aliphatic carbocycles. The van der Waals surface area contributed by atoms with Gasteiger partial charge in [0.15, 0.2) is 0 Å². The van der Waals surface area contributed by atoms with Crippen LogP contribution >= 0.6 is 23.5 Å². The maximum absolute atomic E-state index is 12.7. The number of non-ortho nitro benzene ring substituents is 1. The van der Waals surface area contributed by atoms with Crippen LogP contribution in [0.5, 0.6) is 0 Å². The molecule has 0 radical (unpaired) electrons. The molecule has 2 aromatic carbocycles. The second-order valence-corrected chi connectivity index (χ2v) is 10.3. The first-order valence-corrected chi connectivity index (χ1v) is 12.9. The number of benzene rings is 2. The number of hydrogen-bond donors (Lipinski definition) is 0. The Kier molecular flexibility index (Phi) is 7.47. The van der Waals surface area contributed by atoms with Crippen molar-refractivity contribution < 1.29 is 14.5 Å². The number of nitro benzene ring substituents is 1. The fraction of sp³-hybridized carbons (Fsp3) is 0.231. The van der Waals surface area contributed by atoms with Gasteiger partial charge >= 0.3 is 0 Å². The van der Waals surface area contributed by atoms with Gasteiger partial charge < -0.3 is 4.57 Å². The molecule has 2 amide bonds. The lowest BCUT2D eigenvalue weighted by Crippen LogP contribution is -2.29. The minimum Gasteiger partial charge on any atom is -0.318 e. The lowest BCUT2D eigenvalue weighted by molar-refractivity contribution is -0.384. The third-order valence-corrected chi connectivity index (χ3v) is 7.67. The first-order chi connectivity index (χ1) is 16.8. The van der Waals surface area contributed by atoms with Crippen molar-refractivity contribution in [2.45, 2.75) is 43.4 Å². The number of nitrogens with zero attached hydrogens (tertiary/aromatic N) is 3. The summed E-state index contributed by atoms with van der Waals surface area (Å²) in [7, 11) is 0. The van der Waals surface area contributed by atoms with Gasteiger partial charge in [-0.2, -0.15) is 0 Å². The number of hydrogen-bond acceptors (Lipinski definition) is 6. The van der Waals surface area contributed by atoms with Crippen LogP contribution in [0, 0.1) is 24.0 Å². The summed E-state index contributed by atoms with van der Waals surface area (Å²) in [5, 5.41) is 10.6. The molecule has 0 saturated carbocycles. The maximum atomic E-state index is 12.7. The highest BCUT2D eigenvalue weighted by molar-refractivity contribution is 8.18. The average Bonchev–Trinajstić information content (AvgIpc) is 3.27. The second kappa shape index (κ2) is 10.5. The minimum absolute atomic E-state index is 0.0739. The van der Waals surface area contributed by atoms with Crippen molar-refractivity contribution in [1.29, 1.82) is 0 Å². The number of carbonyl (C=O) groups is 2. The molecule has 3 aromatic rings. The molecular weight excluding hydrogens is 482 g/mol. The summed E-state index contributed by atoms with van der Waals surface area (Å²) in [5.74, 6) is -0.217. The number of rotatable bonds is 8. The van der Waals surface area contributed by atoms with E-state index in [1.54, 1.807) is 12.1 Å². The van der Waals surface area contributed by atoms with Gasteiger partial charge in [-0.15, -0.1) is 0 Å². The van der Waals surface area contributed by atoms with E-state index in [1.165, 1.54) is 28.8 Å². The molecule has 7 nitrogen and oxygen atoms in total. The van der Waals surface area contributed by atoms with Gasteiger partial charge in [0, 0.05) is 45.5 Å². The summed E-state index contributed by atoms with van der Waals surface area (Å²) in [5.41, 5.74) is 3.98. The number of unbranched alkanes of at least 4 members (excludes halogenated alkanes) is 1. The zero-order valence-corrected chi connectivity index (χ0v) is 21.3. The Morgan fingerprint density at radius 3 is 2.26 bits per heavy atom. The molecule has 0 N–H and O–H groups in total. The van der Waals surface area contributed by atoms with Crippen LogP contribution in [0.25, 0.3) is 11.8 Å². The van der Waals surface area contributed by atoms with E-state index in [0.717, 1.165) is 57.0 Å². The predicted octanol–water partition coefficient (Wildman–Crippen LogP) is 6.99. The van der Waals surface area contributed by atoms with E-state index in [2.05, 4.69) is 4.57 Å². The molecule has 9 heteroatoms.